The summed E-state index contributed by atoms with van der Waals surface area (Å²) in [5.41, 5.74) is 22.9. The van der Waals surface area contributed by atoms with Crippen LogP contribution in [0.2, 0.25) is 0 Å². The second-order valence-corrected chi connectivity index (χ2v) is 20.1. The fourth-order valence-corrected chi connectivity index (χ4v) is 11.5. The quantitative estimate of drug-likeness (QED) is 0.129. The predicted molar refractivity (Wildman–Crippen MR) is 328 cm³/mol. The number of aromatic nitrogens is 1. The van der Waals surface area contributed by atoms with E-state index in [-0.39, 0.29) is 0 Å². The van der Waals surface area contributed by atoms with Crippen LogP contribution in [0.3, 0.4) is 0 Å². The van der Waals surface area contributed by atoms with Crippen LogP contribution in [-0.2, 0) is 0 Å². The van der Waals surface area contributed by atoms with Gasteiger partial charge in [0.05, 0.1) is 0 Å². The second-order valence-electron chi connectivity index (χ2n) is 20.1. The molecule has 3 heteroatoms. The smallest absolute Gasteiger partial charge is 0.227 e. The monoisotopic (exact) mass is 996 g/mol. The molecule has 13 aromatic rings. The fraction of sp³-hybridized carbons (Fsp3) is 0.0267. The van der Waals surface area contributed by atoms with Crippen molar-refractivity contribution < 1.29 is 4.42 Å². The van der Waals surface area contributed by atoms with Crippen LogP contribution in [0.5, 0.6) is 0 Å². The number of anilines is 3. The maximum Gasteiger partial charge on any atom is 0.227 e. The molecule has 368 valence electrons. The molecular formula is C75H52N2O. The van der Waals surface area contributed by atoms with E-state index in [0.717, 1.165) is 63.3 Å². The molecule has 12 aromatic carbocycles. The van der Waals surface area contributed by atoms with Gasteiger partial charge >= 0.3 is 0 Å². The molecule has 1 aromatic heterocycles. The van der Waals surface area contributed by atoms with E-state index in [2.05, 4.69) is 272 Å². The third-order valence-corrected chi connectivity index (χ3v) is 15.5. The van der Waals surface area contributed by atoms with Crippen LogP contribution in [0.15, 0.2) is 296 Å². The molecule has 3 nitrogen and oxygen atoms in total. The third-order valence-electron chi connectivity index (χ3n) is 15.5. The Bertz CT molecular complexity index is 4350. The zero-order valence-corrected chi connectivity index (χ0v) is 42.9. The summed E-state index contributed by atoms with van der Waals surface area (Å²) < 4.78 is 6.11. The van der Waals surface area contributed by atoms with Gasteiger partial charge < -0.3 is 9.32 Å². The minimum atomic E-state index is 0.623. The number of oxazole rings is 1. The summed E-state index contributed by atoms with van der Waals surface area (Å²) in [5, 5.41) is 5.11. The van der Waals surface area contributed by atoms with Crippen LogP contribution >= 0.6 is 0 Å². The van der Waals surface area contributed by atoms with Gasteiger partial charge in [0, 0.05) is 22.6 Å². The Balaban J connectivity index is 0.782. The van der Waals surface area contributed by atoms with Crippen LogP contribution < -0.4 is 4.90 Å². The molecule has 1 aliphatic rings. The Labute approximate surface area is 455 Å². The normalized spacial score (nSPS) is 12.4. The molecule has 0 saturated heterocycles. The van der Waals surface area contributed by atoms with E-state index < -0.39 is 0 Å². The Morgan fingerprint density at radius 1 is 0.282 bits per heavy atom. The largest absolute Gasteiger partial charge is 0.436 e. The maximum absolute atomic E-state index is 6.11. The van der Waals surface area contributed by atoms with E-state index in [1.165, 1.54) is 82.8 Å². The molecule has 0 amide bonds. The zero-order valence-electron chi connectivity index (χ0n) is 42.9. The van der Waals surface area contributed by atoms with Crippen LogP contribution in [0.25, 0.3) is 111 Å². The highest BCUT2D eigenvalue weighted by Gasteiger charge is 2.19. The van der Waals surface area contributed by atoms with Gasteiger partial charge in [-0.05, 0) is 173 Å². The summed E-state index contributed by atoms with van der Waals surface area (Å²) in [7, 11) is 0. The van der Waals surface area contributed by atoms with Gasteiger partial charge in [0.2, 0.25) is 5.89 Å². The molecule has 0 spiro atoms. The highest BCUT2D eigenvalue weighted by atomic mass is 16.3. The lowest BCUT2D eigenvalue weighted by molar-refractivity contribution is 0.620. The van der Waals surface area contributed by atoms with Crippen molar-refractivity contribution in [3.8, 4) is 67.1 Å². The van der Waals surface area contributed by atoms with Gasteiger partial charge in [-0.1, -0.05) is 231 Å². The van der Waals surface area contributed by atoms with E-state index in [4.69, 9.17) is 9.40 Å². The van der Waals surface area contributed by atoms with Crippen molar-refractivity contribution in [2.24, 2.45) is 0 Å². The number of allylic oxidation sites excluding steroid dienone is 4. The van der Waals surface area contributed by atoms with Crippen LogP contribution in [0.1, 0.15) is 24.0 Å². The molecule has 14 rings (SSSR count). The first-order valence-corrected chi connectivity index (χ1v) is 26.9. The average molecular weight is 997 g/mol. The predicted octanol–water partition coefficient (Wildman–Crippen LogP) is 20.9. The number of benzene rings is 12. The third kappa shape index (κ3) is 8.87. The molecule has 0 atom stereocenters. The van der Waals surface area contributed by atoms with Crippen molar-refractivity contribution in [2.45, 2.75) is 12.8 Å². The van der Waals surface area contributed by atoms with Crippen molar-refractivity contribution in [3.63, 3.8) is 0 Å². The van der Waals surface area contributed by atoms with Crippen LogP contribution in [0.4, 0.5) is 17.1 Å². The Morgan fingerprint density at radius 3 is 1.23 bits per heavy atom. The van der Waals surface area contributed by atoms with Crippen molar-refractivity contribution in [1.29, 1.82) is 0 Å². The van der Waals surface area contributed by atoms with Gasteiger partial charge in [0.1, 0.15) is 5.52 Å². The van der Waals surface area contributed by atoms with Crippen LogP contribution in [0, 0.1) is 0 Å². The number of rotatable bonds is 11. The zero-order chi connectivity index (χ0) is 51.8. The number of hydrogen-bond donors (Lipinski definition) is 0. The van der Waals surface area contributed by atoms with Crippen molar-refractivity contribution in [2.75, 3.05) is 4.90 Å². The van der Waals surface area contributed by atoms with E-state index in [1.807, 2.05) is 24.3 Å². The molecule has 0 fully saturated rings. The first-order valence-electron chi connectivity index (χ1n) is 26.9. The van der Waals surface area contributed by atoms with Crippen molar-refractivity contribution >= 4 is 60.9 Å². The van der Waals surface area contributed by atoms with Gasteiger partial charge in [-0.15, -0.1) is 0 Å². The SMILES string of the molecule is C1=C(c2ccc(N(c3ccc(-c4ccc(-c5cccc6ccccc56)cc4)cc3)c3ccc(-c4ccccc4-c4ccccc4-c4ccc(-c5nc6ccccc6o5)cc4)cc3)cc2)CCC(c2cccc3ccccc23)=C1. The highest BCUT2D eigenvalue weighted by molar-refractivity contribution is 5.98. The first-order chi connectivity index (χ1) is 38.6. The summed E-state index contributed by atoms with van der Waals surface area (Å²) >= 11 is 0. The molecule has 0 unspecified atom stereocenters. The molecule has 1 heterocycles. The van der Waals surface area contributed by atoms with E-state index >= 15 is 0 Å². The standard InChI is InChI=1S/C75H52N2O/c1-3-17-65-55(13-1)15-11-23-67(65)57-31-27-51(28-32-57)53-39-45-62(46-40-53)77(63-47-41-54(42-48-63)52-29-33-58(34-30-52)68-24-12-16-56-14-2-4-18-66(56)68)64-49-43-60(44-50-64)70-20-6-8-22-72(70)71-21-7-5-19-69(71)59-35-37-61(38-36-59)75-76-73-25-9-10-26-74(73)78-75/h1-29,31-33,35-50H,30,34H2. The topological polar surface area (TPSA) is 29.3 Å². The molecule has 0 bridgehead atoms. The van der Waals surface area contributed by atoms with Crippen molar-refractivity contribution in [1.82, 2.24) is 4.98 Å². The second kappa shape index (κ2) is 20.2. The Hall–Kier alpha value is -10.1. The lowest BCUT2D eigenvalue weighted by Gasteiger charge is -2.26. The van der Waals surface area contributed by atoms with Gasteiger partial charge in [-0.25, -0.2) is 4.98 Å². The van der Waals surface area contributed by atoms with E-state index in [9.17, 15) is 0 Å². The molecule has 78 heavy (non-hydrogen) atoms. The summed E-state index contributed by atoms with van der Waals surface area (Å²) in [6.45, 7) is 0. The molecule has 0 N–H and O–H groups in total. The summed E-state index contributed by atoms with van der Waals surface area (Å²) in [4.78, 5) is 7.12. The molecule has 0 aliphatic heterocycles. The van der Waals surface area contributed by atoms with Gasteiger partial charge in [-0.2, -0.15) is 0 Å². The van der Waals surface area contributed by atoms with Gasteiger partial charge in [-0.3, -0.25) is 0 Å². The van der Waals surface area contributed by atoms with Gasteiger partial charge in [0.15, 0.2) is 5.58 Å². The number of nitrogens with zero attached hydrogens (tertiary/aromatic N) is 2. The Morgan fingerprint density at radius 2 is 0.667 bits per heavy atom. The number of hydrogen-bond acceptors (Lipinski definition) is 3. The number of para-hydroxylation sites is 2. The minimum absolute atomic E-state index is 0.623. The summed E-state index contributed by atoms with van der Waals surface area (Å²) in [6.07, 6.45) is 6.65. The lowest BCUT2D eigenvalue weighted by Crippen LogP contribution is -2.10. The van der Waals surface area contributed by atoms with Crippen molar-refractivity contribution in [3.05, 3.63) is 302 Å². The first kappa shape index (κ1) is 46.4. The molecular weight excluding hydrogens is 945 g/mol. The minimum Gasteiger partial charge on any atom is -0.436 e. The fourth-order valence-electron chi connectivity index (χ4n) is 11.5. The average Bonchev–Trinajstić information content (AvgIpc) is 4.04. The summed E-state index contributed by atoms with van der Waals surface area (Å²) in [5.74, 6) is 0.623. The highest BCUT2D eigenvalue weighted by Crippen LogP contribution is 2.43. The Kier molecular flexibility index (Phi) is 12.0. The van der Waals surface area contributed by atoms with E-state index in [0.29, 0.717) is 5.89 Å². The lowest BCUT2D eigenvalue weighted by atomic mass is 9.88. The van der Waals surface area contributed by atoms with E-state index in [1.54, 1.807) is 0 Å². The summed E-state index contributed by atoms with van der Waals surface area (Å²) in [6, 6.07) is 101. The number of fused-ring (bicyclic) bond motifs is 3. The maximum atomic E-state index is 6.11. The van der Waals surface area contributed by atoms with Gasteiger partial charge in [0.25, 0.3) is 0 Å². The molecule has 1 aliphatic carbocycles. The molecule has 0 saturated carbocycles. The molecule has 0 radical (unpaired) electrons. The van der Waals surface area contributed by atoms with Crippen LogP contribution in [-0.4, -0.2) is 4.98 Å².